The first-order valence-electron chi connectivity index (χ1n) is 34.5. The van der Waals surface area contributed by atoms with E-state index < -0.39 is 23.5 Å². The van der Waals surface area contributed by atoms with Crippen molar-refractivity contribution in [2.45, 2.75) is 157 Å². The molecule has 0 aliphatic carbocycles. The van der Waals surface area contributed by atoms with Gasteiger partial charge in [0, 0.05) is 13.2 Å². The van der Waals surface area contributed by atoms with Crippen molar-refractivity contribution in [3.63, 3.8) is 0 Å². The lowest BCUT2D eigenvalue weighted by molar-refractivity contribution is -0.0294. The van der Waals surface area contributed by atoms with Gasteiger partial charge < -0.3 is 43.4 Å². The number of nitrogens with zero attached hydrogens (tertiary/aromatic N) is 2. The average Bonchev–Trinajstić information content (AvgIpc) is 1.63. The second kappa shape index (κ2) is 41.5. The highest BCUT2D eigenvalue weighted by molar-refractivity contribution is 6.23. The summed E-state index contributed by atoms with van der Waals surface area (Å²) in [5, 5.41) is 17.1. The van der Waals surface area contributed by atoms with Crippen molar-refractivity contribution in [2.75, 3.05) is 40.6 Å². The van der Waals surface area contributed by atoms with Crippen LogP contribution in [0, 0.1) is 13.8 Å². The fourth-order valence-electron chi connectivity index (χ4n) is 10.9. The first-order chi connectivity index (χ1) is 48.5. The summed E-state index contributed by atoms with van der Waals surface area (Å²) in [6, 6.07) is 63.2. The second-order valence-electron chi connectivity index (χ2n) is 26.3. The van der Waals surface area contributed by atoms with Crippen LogP contribution < -0.4 is 18.9 Å². The van der Waals surface area contributed by atoms with Crippen LogP contribution in [0.3, 0.4) is 0 Å². The van der Waals surface area contributed by atoms with Gasteiger partial charge in [0.15, 0.2) is 0 Å². The molecule has 8 aromatic carbocycles. The minimum absolute atomic E-state index is 0.216. The van der Waals surface area contributed by atoms with E-state index >= 15 is 0 Å². The van der Waals surface area contributed by atoms with Gasteiger partial charge in [-0.05, 0) is 213 Å². The first kappa shape index (κ1) is 79.9. The van der Waals surface area contributed by atoms with Crippen LogP contribution in [0.15, 0.2) is 194 Å². The molecule has 0 aromatic heterocycles. The standard InChI is InChI=1S/2C27H27NO4.C10H18O5.2C10H14O/c2*1-19-17-21(14-15-23(19)31-2)18-28-26(29)22-12-8-13-24(25(22)27(28)30)32-16-7-6-11-20-9-4-3-5-10-20;1-9(2,3)14-7(11)13-8(12)15-10(4,5)6;2*11-9-5-4-8-10-6-2-1-3-7-10/h2*3-5,8-10,12-15,17H,6-7,11,16,18H2,1-2H3;1-6H3;2*1-3,6-7,11H,4-5,8-9H2. The molecule has 536 valence electrons. The third kappa shape index (κ3) is 27.2. The van der Waals surface area contributed by atoms with Crippen LogP contribution in [-0.4, -0.2) is 108 Å². The molecule has 0 fully saturated rings. The Hall–Kier alpha value is -10.1. The van der Waals surface area contributed by atoms with E-state index in [1.54, 1.807) is 92.2 Å². The van der Waals surface area contributed by atoms with Gasteiger partial charge >= 0.3 is 12.3 Å². The summed E-state index contributed by atoms with van der Waals surface area (Å²) < 4.78 is 36.3. The normalized spacial score (nSPS) is 12.0. The summed E-state index contributed by atoms with van der Waals surface area (Å²) in [4.78, 5) is 76.7. The number of rotatable bonds is 26. The van der Waals surface area contributed by atoms with E-state index in [0.29, 0.717) is 60.2 Å². The zero-order chi connectivity index (χ0) is 73.2. The third-order valence-electron chi connectivity index (χ3n) is 15.8. The molecule has 10 rings (SSSR count). The minimum atomic E-state index is -1.06. The van der Waals surface area contributed by atoms with Gasteiger partial charge in [0.05, 0.1) is 62.8 Å². The van der Waals surface area contributed by atoms with Gasteiger partial charge in [-0.15, -0.1) is 0 Å². The maximum Gasteiger partial charge on any atom is 0.519 e. The van der Waals surface area contributed by atoms with Crippen molar-refractivity contribution in [1.29, 1.82) is 0 Å². The summed E-state index contributed by atoms with van der Waals surface area (Å²) in [6.45, 7) is 16.0. The van der Waals surface area contributed by atoms with Crippen molar-refractivity contribution >= 4 is 35.9 Å². The molecule has 0 bridgehead atoms. The van der Waals surface area contributed by atoms with Crippen LogP contribution in [-0.2, 0) is 53.0 Å². The molecular weight excluding hydrogens is 1280 g/mol. The molecule has 0 saturated carbocycles. The predicted molar refractivity (Wildman–Crippen MR) is 393 cm³/mol. The monoisotopic (exact) mass is 1380 g/mol. The Morgan fingerprint density at radius 3 is 0.970 bits per heavy atom. The summed E-state index contributed by atoms with van der Waals surface area (Å²) in [5.41, 5.74) is 9.15. The Labute approximate surface area is 596 Å². The number of carbonyl (C=O) groups excluding carboxylic acids is 6. The summed E-state index contributed by atoms with van der Waals surface area (Å²) in [5.74, 6) is 1.33. The van der Waals surface area contributed by atoms with Crippen molar-refractivity contribution in [3.05, 3.63) is 261 Å². The van der Waals surface area contributed by atoms with Crippen LogP contribution in [0.2, 0.25) is 0 Å². The number of aliphatic hydroxyl groups excluding tert-OH is 2. The molecule has 0 spiro atoms. The number of aryl methyl sites for hydroxylation is 6. The summed E-state index contributed by atoms with van der Waals surface area (Å²) >= 11 is 0. The van der Waals surface area contributed by atoms with Gasteiger partial charge in [-0.25, -0.2) is 9.59 Å². The molecule has 8 aromatic rings. The van der Waals surface area contributed by atoms with Crippen molar-refractivity contribution in [2.24, 2.45) is 0 Å². The predicted octanol–water partition coefficient (Wildman–Crippen LogP) is 17.3. The highest BCUT2D eigenvalue weighted by atomic mass is 16.8. The number of unbranched alkanes of at least 4 members (excludes halogenated alkanes) is 4. The van der Waals surface area contributed by atoms with Crippen molar-refractivity contribution in [1.82, 2.24) is 9.80 Å². The molecule has 2 aliphatic rings. The van der Waals surface area contributed by atoms with Crippen LogP contribution in [0.4, 0.5) is 9.59 Å². The lowest BCUT2D eigenvalue weighted by Crippen LogP contribution is -2.29. The number of benzene rings is 8. The topological polar surface area (TPSA) is 214 Å². The van der Waals surface area contributed by atoms with Gasteiger partial charge in [-0.1, -0.05) is 158 Å². The minimum Gasteiger partial charge on any atom is -0.496 e. The molecule has 2 N–H and O–H groups in total. The molecule has 0 radical (unpaired) electrons. The largest absolute Gasteiger partial charge is 0.519 e. The first-order valence-corrected chi connectivity index (χ1v) is 34.5. The Bertz CT molecular complexity index is 3630. The van der Waals surface area contributed by atoms with E-state index in [9.17, 15) is 28.8 Å². The zero-order valence-electron chi connectivity index (χ0n) is 60.3. The van der Waals surface area contributed by atoms with Crippen molar-refractivity contribution < 1.29 is 72.1 Å². The quantitative estimate of drug-likeness (QED) is 0.0223. The number of carbonyl (C=O) groups is 6. The van der Waals surface area contributed by atoms with E-state index in [4.69, 9.17) is 38.6 Å². The van der Waals surface area contributed by atoms with Crippen LogP contribution >= 0.6 is 0 Å². The van der Waals surface area contributed by atoms with E-state index in [1.165, 1.54) is 32.1 Å². The van der Waals surface area contributed by atoms with Gasteiger partial charge in [0.1, 0.15) is 34.2 Å². The number of amides is 4. The SMILES string of the molecule is CC(C)(C)OC(=O)OC(=O)OC(C)(C)C.COc1ccc(CN2C(=O)c3cccc(OCCCCc4ccccc4)c3C2=O)cc1C.COc1ccc(CN2C(=O)c3cccc(OCCCCc4ccccc4)c3C2=O)cc1C.OCCCCc1ccccc1.OCCCCc1ccccc1. The van der Waals surface area contributed by atoms with Crippen molar-refractivity contribution in [3.8, 4) is 23.0 Å². The lowest BCUT2D eigenvalue weighted by Gasteiger charge is -2.20. The fraction of sp³-hybridized carbons (Fsp3) is 0.357. The third-order valence-corrected chi connectivity index (χ3v) is 15.8. The Morgan fingerprint density at radius 1 is 0.366 bits per heavy atom. The molecule has 2 heterocycles. The number of aliphatic hydroxyl groups is 2. The molecule has 101 heavy (non-hydrogen) atoms. The van der Waals surface area contributed by atoms with Crippen LogP contribution in [0.1, 0.15) is 179 Å². The molecular formula is C84H100N2O15. The molecule has 2 aliphatic heterocycles. The number of methoxy groups -OCH3 is 2. The van der Waals surface area contributed by atoms with Gasteiger partial charge in [0.25, 0.3) is 23.6 Å². The molecule has 0 saturated heterocycles. The van der Waals surface area contributed by atoms with E-state index in [1.807, 2.05) is 123 Å². The number of hydrogen-bond donors (Lipinski definition) is 2. The number of fused-ring (bicyclic) bond motifs is 2. The van der Waals surface area contributed by atoms with Crippen LogP contribution in [0.25, 0.3) is 0 Å². The smallest absolute Gasteiger partial charge is 0.496 e. The Balaban J connectivity index is 0.000000215. The maximum absolute atomic E-state index is 13.1. The number of imide groups is 2. The lowest BCUT2D eigenvalue weighted by atomic mass is 10.1. The zero-order valence-corrected chi connectivity index (χ0v) is 60.3. The van der Waals surface area contributed by atoms with E-state index in [2.05, 4.69) is 53.3 Å². The van der Waals surface area contributed by atoms with Crippen LogP contribution in [0.5, 0.6) is 23.0 Å². The van der Waals surface area contributed by atoms with E-state index in [0.717, 1.165) is 111 Å². The number of ether oxygens (including phenoxy) is 7. The molecule has 17 heteroatoms. The summed E-state index contributed by atoms with van der Waals surface area (Å²) in [7, 11) is 3.24. The van der Waals surface area contributed by atoms with Gasteiger partial charge in [-0.2, -0.15) is 0 Å². The highest BCUT2D eigenvalue weighted by Gasteiger charge is 2.39. The fourth-order valence-corrected chi connectivity index (χ4v) is 10.9. The maximum atomic E-state index is 13.1. The molecule has 4 amide bonds. The second-order valence-corrected chi connectivity index (χ2v) is 26.3. The van der Waals surface area contributed by atoms with Gasteiger partial charge in [0.2, 0.25) is 0 Å². The molecule has 0 unspecified atom stereocenters. The Morgan fingerprint density at radius 2 is 0.683 bits per heavy atom. The average molecular weight is 1380 g/mol. The number of hydrogen-bond acceptors (Lipinski definition) is 15. The molecule has 0 atom stereocenters. The summed E-state index contributed by atoms with van der Waals surface area (Å²) in [6.07, 6.45) is 9.75. The van der Waals surface area contributed by atoms with E-state index in [-0.39, 0.29) is 36.7 Å². The molecule has 17 nitrogen and oxygen atoms in total. The Kier molecular flexibility index (Phi) is 32.8. The van der Waals surface area contributed by atoms with Gasteiger partial charge in [-0.3, -0.25) is 29.0 Å². The highest BCUT2D eigenvalue weighted by Crippen LogP contribution is 2.35.